The lowest BCUT2D eigenvalue weighted by Gasteiger charge is -2.03. The zero-order valence-corrected chi connectivity index (χ0v) is 8.56. The maximum atomic E-state index is 10.7. The molecule has 72 valence electrons. The summed E-state index contributed by atoms with van der Waals surface area (Å²) < 4.78 is 4.68. The largest absolute Gasteiger partial charge is 0.463 e. The van der Waals surface area contributed by atoms with Gasteiger partial charge in [-0.3, -0.25) is 0 Å². The molecule has 3 nitrogen and oxygen atoms in total. The van der Waals surface area contributed by atoms with E-state index in [1.54, 1.807) is 13.0 Å². The van der Waals surface area contributed by atoms with E-state index in [1.165, 1.54) is 6.08 Å². The Morgan fingerprint density at radius 2 is 2.08 bits per heavy atom. The van der Waals surface area contributed by atoms with Crippen molar-refractivity contribution < 1.29 is 9.53 Å². The number of esters is 1. The molecule has 0 aliphatic heterocycles. The fraction of sp³-hybridized carbons (Fsp3) is 0.625. The quantitative estimate of drug-likeness (QED) is 0.495. The van der Waals surface area contributed by atoms with Crippen LogP contribution in [0.25, 0.3) is 0 Å². The lowest BCUT2D eigenvalue weighted by Crippen LogP contribution is -2.11. The molecule has 0 rings (SSSR count). The van der Waals surface area contributed by atoms with Crippen molar-refractivity contribution in [2.45, 2.75) is 6.92 Å². The first-order chi connectivity index (χ1) is 5.16. The second-order valence-electron chi connectivity index (χ2n) is 2.42. The van der Waals surface area contributed by atoms with E-state index < -0.39 is 0 Å². The fourth-order valence-electron chi connectivity index (χ4n) is 0.550. The van der Waals surface area contributed by atoms with Crippen LogP contribution in [0.3, 0.4) is 0 Å². The lowest BCUT2D eigenvalue weighted by atomic mass is 10.5. The van der Waals surface area contributed by atoms with Gasteiger partial charge < -0.3 is 9.64 Å². The van der Waals surface area contributed by atoms with Crippen molar-refractivity contribution >= 4 is 18.4 Å². The van der Waals surface area contributed by atoms with Gasteiger partial charge in [0.1, 0.15) is 0 Å². The Labute approximate surface area is 79.8 Å². The Morgan fingerprint density at radius 1 is 1.50 bits per heavy atom. The van der Waals surface area contributed by atoms with Crippen molar-refractivity contribution in [2.75, 3.05) is 27.2 Å². The van der Waals surface area contributed by atoms with Crippen LogP contribution in [0.2, 0.25) is 0 Å². The molecule has 0 aliphatic carbocycles. The maximum Gasteiger partial charge on any atom is 0.330 e. The predicted octanol–water partition coefficient (Wildman–Crippen LogP) is 1.09. The number of hydrogen-bond donors (Lipinski definition) is 0. The van der Waals surface area contributed by atoms with Gasteiger partial charge in [0.2, 0.25) is 0 Å². The van der Waals surface area contributed by atoms with Crippen LogP contribution in [0.15, 0.2) is 12.2 Å². The van der Waals surface area contributed by atoms with E-state index in [2.05, 4.69) is 4.74 Å². The molecular weight excluding hydrogens is 178 g/mol. The zero-order valence-electron chi connectivity index (χ0n) is 7.74. The van der Waals surface area contributed by atoms with E-state index in [0.29, 0.717) is 6.61 Å². The molecular formula is C8H16ClNO2. The van der Waals surface area contributed by atoms with E-state index in [1.807, 2.05) is 19.0 Å². The third-order valence-corrected chi connectivity index (χ3v) is 1.01. The summed E-state index contributed by atoms with van der Waals surface area (Å²) in [5.74, 6) is -0.269. The van der Waals surface area contributed by atoms with E-state index in [0.717, 1.165) is 6.54 Å². The van der Waals surface area contributed by atoms with E-state index in [9.17, 15) is 4.79 Å². The minimum atomic E-state index is -0.269. The summed E-state index contributed by atoms with van der Waals surface area (Å²) in [6.07, 6.45) is 3.22. The number of ether oxygens (including phenoxy) is 1. The Kier molecular flexibility index (Phi) is 9.99. The van der Waals surface area contributed by atoms with Crippen molar-refractivity contribution in [3.8, 4) is 0 Å². The molecule has 0 N–H and O–H groups in total. The average molecular weight is 194 g/mol. The maximum absolute atomic E-state index is 10.7. The Bertz CT molecular complexity index is 146. The van der Waals surface area contributed by atoms with Crippen LogP contribution in [0.1, 0.15) is 6.92 Å². The number of rotatable bonds is 4. The van der Waals surface area contributed by atoms with Gasteiger partial charge in [0.15, 0.2) is 0 Å². The highest BCUT2D eigenvalue weighted by Crippen LogP contribution is 1.82. The van der Waals surface area contributed by atoms with Crippen molar-refractivity contribution in [1.82, 2.24) is 4.90 Å². The Hall–Kier alpha value is -0.540. The molecule has 0 spiro atoms. The molecule has 0 heterocycles. The molecule has 0 unspecified atom stereocenters. The number of nitrogens with zero attached hydrogens (tertiary/aromatic N) is 1. The molecule has 0 aliphatic rings. The second-order valence-corrected chi connectivity index (χ2v) is 2.42. The molecule has 0 fully saturated rings. The number of carbonyl (C=O) groups is 1. The minimum Gasteiger partial charge on any atom is -0.463 e. The summed E-state index contributed by atoms with van der Waals surface area (Å²) in [5.41, 5.74) is 0. The van der Waals surface area contributed by atoms with Gasteiger partial charge in [0.25, 0.3) is 0 Å². The van der Waals surface area contributed by atoms with Crippen LogP contribution >= 0.6 is 12.4 Å². The molecule has 0 aromatic rings. The van der Waals surface area contributed by atoms with Gasteiger partial charge in [-0.1, -0.05) is 6.08 Å². The summed E-state index contributed by atoms with van der Waals surface area (Å²) in [5, 5.41) is 0. The number of hydrogen-bond acceptors (Lipinski definition) is 3. The third kappa shape index (κ3) is 9.46. The van der Waals surface area contributed by atoms with Crippen molar-refractivity contribution in [3.63, 3.8) is 0 Å². The van der Waals surface area contributed by atoms with Gasteiger partial charge in [-0.25, -0.2) is 4.79 Å². The first-order valence-electron chi connectivity index (χ1n) is 3.64. The summed E-state index contributed by atoms with van der Waals surface area (Å²) in [7, 11) is 3.88. The smallest absolute Gasteiger partial charge is 0.330 e. The summed E-state index contributed by atoms with van der Waals surface area (Å²) in [6.45, 7) is 2.99. The van der Waals surface area contributed by atoms with Crippen LogP contribution in [-0.4, -0.2) is 38.1 Å². The molecule has 0 saturated carbocycles. The zero-order chi connectivity index (χ0) is 8.69. The minimum absolute atomic E-state index is 0. The molecule has 4 heteroatoms. The van der Waals surface area contributed by atoms with Gasteiger partial charge >= 0.3 is 5.97 Å². The predicted molar refractivity (Wildman–Crippen MR) is 51.6 cm³/mol. The van der Waals surface area contributed by atoms with Crippen molar-refractivity contribution in [2.24, 2.45) is 0 Å². The van der Waals surface area contributed by atoms with Crippen molar-refractivity contribution in [3.05, 3.63) is 12.2 Å². The van der Waals surface area contributed by atoms with E-state index in [4.69, 9.17) is 0 Å². The standard InChI is InChI=1S/C8H15NO2.ClH/c1-4-11-8(10)6-5-7-9(2)3;/h5-6H,4,7H2,1-3H3;1H/b6-5+;. The first kappa shape index (κ1) is 14.0. The number of likely N-dealkylation sites (N-methyl/N-ethyl adjacent to an activating group) is 1. The number of carbonyl (C=O) groups excluding carboxylic acids is 1. The van der Waals surface area contributed by atoms with Gasteiger partial charge in [0, 0.05) is 12.6 Å². The molecule has 0 atom stereocenters. The fourth-order valence-corrected chi connectivity index (χ4v) is 0.550. The third-order valence-electron chi connectivity index (χ3n) is 1.01. The van der Waals surface area contributed by atoms with Gasteiger partial charge in [-0.2, -0.15) is 0 Å². The molecule has 12 heavy (non-hydrogen) atoms. The van der Waals surface area contributed by atoms with Crippen LogP contribution < -0.4 is 0 Å². The molecule has 0 bridgehead atoms. The Morgan fingerprint density at radius 3 is 2.50 bits per heavy atom. The van der Waals surface area contributed by atoms with Gasteiger partial charge in [-0.05, 0) is 21.0 Å². The van der Waals surface area contributed by atoms with Crippen LogP contribution in [0.5, 0.6) is 0 Å². The summed E-state index contributed by atoms with van der Waals surface area (Å²) >= 11 is 0. The molecule has 0 amide bonds. The average Bonchev–Trinajstić information content (AvgIpc) is 1.87. The van der Waals surface area contributed by atoms with E-state index in [-0.39, 0.29) is 18.4 Å². The highest BCUT2D eigenvalue weighted by molar-refractivity contribution is 5.85. The van der Waals surface area contributed by atoms with E-state index >= 15 is 0 Å². The Balaban J connectivity index is 0. The second kappa shape index (κ2) is 8.56. The molecule has 0 saturated heterocycles. The highest BCUT2D eigenvalue weighted by atomic mass is 35.5. The normalized spacial score (nSPS) is 10.0. The molecule has 0 aromatic carbocycles. The SMILES string of the molecule is CCOC(=O)/C=C/CN(C)C.Cl. The lowest BCUT2D eigenvalue weighted by molar-refractivity contribution is -0.137. The van der Waals surface area contributed by atoms with Crippen LogP contribution in [-0.2, 0) is 9.53 Å². The number of halogens is 1. The summed E-state index contributed by atoms with van der Waals surface area (Å²) in [4.78, 5) is 12.7. The first-order valence-corrected chi connectivity index (χ1v) is 3.64. The van der Waals surface area contributed by atoms with Gasteiger partial charge in [-0.15, -0.1) is 12.4 Å². The van der Waals surface area contributed by atoms with Crippen LogP contribution in [0.4, 0.5) is 0 Å². The summed E-state index contributed by atoms with van der Waals surface area (Å²) in [6, 6.07) is 0. The topological polar surface area (TPSA) is 29.5 Å². The van der Waals surface area contributed by atoms with Gasteiger partial charge in [0.05, 0.1) is 6.61 Å². The highest BCUT2D eigenvalue weighted by Gasteiger charge is 1.91. The molecule has 0 radical (unpaired) electrons. The molecule has 0 aromatic heterocycles. The monoisotopic (exact) mass is 193 g/mol. The van der Waals surface area contributed by atoms with Crippen LogP contribution in [0, 0.1) is 0 Å². The van der Waals surface area contributed by atoms with Crippen molar-refractivity contribution in [1.29, 1.82) is 0 Å².